The van der Waals surface area contributed by atoms with Crippen LogP contribution in [0.3, 0.4) is 0 Å². The van der Waals surface area contributed by atoms with Gasteiger partial charge in [0.05, 0.1) is 16.3 Å². The van der Waals surface area contributed by atoms with Crippen LogP contribution in [0.1, 0.15) is 5.69 Å². The number of hydrogen-bond acceptors (Lipinski definition) is 3. The predicted octanol–water partition coefficient (Wildman–Crippen LogP) is 2.95. The van der Waals surface area contributed by atoms with Crippen molar-refractivity contribution in [3.05, 3.63) is 72.4 Å². The van der Waals surface area contributed by atoms with Crippen LogP contribution in [0, 0.1) is 0 Å². The number of nitrogens with zero attached hydrogens (tertiary/aromatic N) is 2. The Bertz CT molecular complexity index is 894. The summed E-state index contributed by atoms with van der Waals surface area (Å²) in [6.45, 7) is -0.778. The third-order valence-corrected chi connectivity index (χ3v) is 4.53. The van der Waals surface area contributed by atoms with E-state index in [0.717, 1.165) is 10.4 Å². The molecule has 7 heteroatoms. The molecule has 0 aliphatic carbocycles. The monoisotopic (exact) mass is 331 g/mol. The van der Waals surface area contributed by atoms with E-state index in [1.165, 1.54) is 18.2 Å². The minimum absolute atomic E-state index is 0.108. The van der Waals surface area contributed by atoms with E-state index in [1.54, 1.807) is 30.3 Å². The van der Waals surface area contributed by atoms with Gasteiger partial charge in [-0.15, -0.1) is 0 Å². The van der Waals surface area contributed by atoms with E-state index in [2.05, 4.69) is 9.93 Å². The van der Waals surface area contributed by atoms with Gasteiger partial charge in [-0.05, 0) is 18.2 Å². The summed E-state index contributed by atoms with van der Waals surface area (Å²) in [6, 6.07) is 18.5. The van der Waals surface area contributed by atoms with Gasteiger partial charge in [0.25, 0.3) is 10.0 Å². The highest BCUT2D eigenvalue weighted by molar-refractivity contribution is 7.92. The zero-order valence-electron chi connectivity index (χ0n) is 12.1. The molecule has 2 aromatic carbocycles. The van der Waals surface area contributed by atoms with Crippen molar-refractivity contribution in [3.8, 4) is 11.3 Å². The lowest BCUT2D eigenvalue weighted by Gasteiger charge is -2.11. The van der Waals surface area contributed by atoms with Gasteiger partial charge in [-0.3, -0.25) is 0 Å². The van der Waals surface area contributed by atoms with Crippen molar-refractivity contribution in [1.29, 1.82) is 0 Å². The normalized spacial score (nSPS) is 11.3. The fourth-order valence-electron chi connectivity index (χ4n) is 2.15. The number of rotatable bonds is 5. The fourth-order valence-corrected chi connectivity index (χ4v) is 3.13. The molecule has 3 rings (SSSR count). The van der Waals surface area contributed by atoms with Gasteiger partial charge in [0.15, 0.2) is 0 Å². The molecule has 118 valence electrons. The molecule has 0 aliphatic rings. The highest BCUT2D eigenvalue weighted by Gasteiger charge is 2.18. The van der Waals surface area contributed by atoms with E-state index in [0.29, 0.717) is 5.69 Å². The molecule has 0 saturated carbocycles. The summed E-state index contributed by atoms with van der Waals surface area (Å²) < 4.78 is 37.8. The Morgan fingerprint density at radius 3 is 2.22 bits per heavy atom. The van der Waals surface area contributed by atoms with Gasteiger partial charge in [-0.1, -0.05) is 48.5 Å². The highest BCUT2D eigenvalue weighted by atomic mass is 32.2. The van der Waals surface area contributed by atoms with E-state index < -0.39 is 16.7 Å². The van der Waals surface area contributed by atoms with Gasteiger partial charge >= 0.3 is 0 Å². The first-order valence-electron chi connectivity index (χ1n) is 6.88. The first-order chi connectivity index (χ1) is 11.1. The van der Waals surface area contributed by atoms with Crippen LogP contribution in [-0.2, 0) is 16.7 Å². The van der Waals surface area contributed by atoms with Crippen LogP contribution < -0.4 is 4.83 Å². The molecule has 0 radical (unpaired) electrons. The molecular weight excluding hydrogens is 317 g/mol. The van der Waals surface area contributed by atoms with Crippen LogP contribution >= 0.6 is 0 Å². The molecule has 0 bridgehead atoms. The third-order valence-electron chi connectivity index (χ3n) is 3.23. The Morgan fingerprint density at radius 2 is 1.61 bits per heavy atom. The zero-order valence-corrected chi connectivity index (χ0v) is 12.9. The average molecular weight is 331 g/mol. The SMILES string of the molecule is O=S(=O)(Nn1nc(CF)cc1-c1ccccc1)c1ccccc1. The summed E-state index contributed by atoms with van der Waals surface area (Å²) in [4.78, 5) is 3.57. The van der Waals surface area contributed by atoms with Gasteiger partial charge in [0.2, 0.25) is 0 Å². The molecule has 0 unspecified atom stereocenters. The lowest BCUT2D eigenvalue weighted by Crippen LogP contribution is -2.25. The topological polar surface area (TPSA) is 64.0 Å². The number of sulfonamides is 1. The average Bonchev–Trinajstić information content (AvgIpc) is 2.99. The smallest absolute Gasteiger partial charge is 0.244 e. The summed E-state index contributed by atoms with van der Waals surface area (Å²) in [5.74, 6) is 0. The van der Waals surface area contributed by atoms with Crippen molar-refractivity contribution >= 4 is 10.0 Å². The van der Waals surface area contributed by atoms with Gasteiger partial charge in [-0.2, -0.15) is 23.1 Å². The Labute approximate surface area is 133 Å². The van der Waals surface area contributed by atoms with Crippen molar-refractivity contribution in [1.82, 2.24) is 9.89 Å². The Hall–Kier alpha value is -2.67. The summed E-state index contributed by atoms with van der Waals surface area (Å²) >= 11 is 0. The molecule has 0 atom stereocenters. The largest absolute Gasteiger partial charge is 0.276 e. The molecule has 3 aromatic rings. The fraction of sp³-hybridized carbons (Fsp3) is 0.0625. The molecule has 0 spiro atoms. The number of benzene rings is 2. The number of hydrogen-bond donors (Lipinski definition) is 1. The molecule has 23 heavy (non-hydrogen) atoms. The predicted molar refractivity (Wildman–Crippen MR) is 85.5 cm³/mol. The first-order valence-corrected chi connectivity index (χ1v) is 8.37. The maximum absolute atomic E-state index is 12.9. The standard InChI is InChI=1S/C16H14FN3O2S/c17-12-14-11-16(13-7-3-1-4-8-13)20(18-14)19-23(21,22)15-9-5-2-6-10-15/h1-11,19H,12H2. The van der Waals surface area contributed by atoms with E-state index in [1.807, 2.05) is 18.2 Å². The van der Waals surface area contributed by atoms with Gasteiger partial charge < -0.3 is 0 Å². The number of aromatic nitrogens is 2. The summed E-state index contributed by atoms with van der Waals surface area (Å²) in [5, 5.41) is 3.97. The molecule has 1 aromatic heterocycles. The van der Waals surface area contributed by atoms with Crippen LogP contribution in [0.25, 0.3) is 11.3 Å². The minimum Gasteiger partial charge on any atom is -0.244 e. The van der Waals surface area contributed by atoms with Gasteiger partial charge in [0.1, 0.15) is 6.67 Å². The molecule has 0 aliphatic heterocycles. The van der Waals surface area contributed by atoms with E-state index in [9.17, 15) is 12.8 Å². The maximum atomic E-state index is 12.9. The Balaban J connectivity index is 2.02. The molecule has 5 nitrogen and oxygen atoms in total. The van der Waals surface area contributed by atoms with Crippen molar-refractivity contribution in [3.63, 3.8) is 0 Å². The highest BCUT2D eigenvalue weighted by Crippen LogP contribution is 2.21. The molecular formula is C16H14FN3O2S. The van der Waals surface area contributed by atoms with E-state index in [4.69, 9.17) is 0 Å². The lowest BCUT2D eigenvalue weighted by atomic mass is 10.1. The summed E-state index contributed by atoms with van der Waals surface area (Å²) in [6.07, 6.45) is 0. The lowest BCUT2D eigenvalue weighted by molar-refractivity contribution is 0.472. The summed E-state index contributed by atoms with van der Waals surface area (Å²) in [5.41, 5.74) is 1.35. The second kappa shape index (κ2) is 6.21. The number of alkyl halides is 1. The quantitative estimate of drug-likeness (QED) is 0.782. The van der Waals surface area contributed by atoms with Gasteiger partial charge in [0, 0.05) is 5.56 Å². The Kier molecular flexibility index (Phi) is 4.12. The second-order valence-electron chi connectivity index (χ2n) is 4.84. The van der Waals surface area contributed by atoms with Crippen molar-refractivity contribution in [2.45, 2.75) is 11.6 Å². The molecule has 1 heterocycles. The molecule has 0 fully saturated rings. The van der Waals surface area contributed by atoms with Crippen molar-refractivity contribution in [2.24, 2.45) is 0 Å². The first kappa shape index (κ1) is 15.2. The zero-order chi connectivity index (χ0) is 16.3. The van der Waals surface area contributed by atoms with Crippen LogP contribution in [0.15, 0.2) is 71.6 Å². The second-order valence-corrected chi connectivity index (χ2v) is 6.50. The molecule has 0 saturated heterocycles. The van der Waals surface area contributed by atoms with Crippen LogP contribution in [-0.4, -0.2) is 18.3 Å². The number of halogens is 1. The van der Waals surface area contributed by atoms with Gasteiger partial charge in [-0.25, -0.2) is 4.39 Å². The van der Waals surface area contributed by atoms with Crippen molar-refractivity contribution in [2.75, 3.05) is 4.83 Å². The third kappa shape index (κ3) is 3.24. The maximum Gasteiger partial charge on any atom is 0.276 e. The van der Waals surface area contributed by atoms with E-state index >= 15 is 0 Å². The van der Waals surface area contributed by atoms with Crippen LogP contribution in [0.5, 0.6) is 0 Å². The van der Waals surface area contributed by atoms with Crippen molar-refractivity contribution < 1.29 is 12.8 Å². The van der Waals surface area contributed by atoms with Crippen LogP contribution in [0.4, 0.5) is 4.39 Å². The van der Waals surface area contributed by atoms with E-state index in [-0.39, 0.29) is 10.6 Å². The number of nitrogens with one attached hydrogen (secondary N) is 1. The molecule has 0 amide bonds. The Morgan fingerprint density at radius 1 is 1.00 bits per heavy atom. The summed E-state index contributed by atoms with van der Waals surface area (Å²) in [7, 11) is -3.81. The minimum atomic E-state index is -3.81. The van der Waals surface area contributed by atoms with Crippen LogP contribution in [0.2, 0.25) is 0 Å². The molecule has 1 N–H and O–H groups in total.